The van der Waals surface area contributed by atoms with Crippen molar-refractivity contribution in [1.29, 1.82) is 0 Å². The zero-order chi connectivity index (χ0) is 18.8. The minimum absolute atomic E-state index is 0.316. The van der Waals surface area contributed by atoms with Crippen molar-refractivity contribution in [2.75, 3.05) is 24.6 Å². The number of H-pyrrole nitrogens is 1. The highest BCUT2D eigenvalue weighted by molar-refractivity contribution is 6.06. The number of aromatic amines is 1. The molecule has 6 heteroatoms. The Bertz CT molecular complexity index is 952. The molecule has 0 bridgehead atoms. The first-order chi connectivity index (χ1) is 13.2. The van der Waals surface area contributed by atoms with Crippen molar-refractivity contribution in [1.82, 2.24) is 15.0 Å². The molecule has 0 radical (unpaired) electrons. The SMILES string of the molecule is CCOC(=O)c1cnc2c(C)cccc2c1N1CCCC(c2ncc[nH]2)C1. The number of hydrogen-bond donors (Lipinski definition) is 1. The smallest absolute Gasteiger partial charge is 0.341 e. The number of pyridine rings is 1. The quantitative estimate of drug-likeness (QED) is 0.713. The van der Waals surface area contributed by atoms with E-state index in [0.717, 1.165) is 53.9 Å². The molecular formula is C21H24N4O2. The van der Waals surface area contributed by atoms with E-state index >= 15 is 0 Å². The molecule has 4 rings (SSSR count). The van der Waals surface area contributed by atoms with Crippen molar-refractivity contribution >= 4 is 22.6 Å². The summed E-state index contributed by atoms with van der Waals surface area (Å²) < 4.78 is 5.31. The number of hydrogen-bond acceptors (Lipinski definition) is 5. The van der Waals surface area contributed by atoms with Crippen LogP contribution < -0.4 is 4.90 Å². The van der Waals surface area contributed by atoms with Gasteiger partial charge in [-0.3, -0.25) is 4.98 Å². The number of anilines is 1. The number of nitrogens with zero attached hydrogens (tertiary/aromatic N) is 3. The van der Waals surface area contributed by atoms with E-state index < -0.39 is 0 Å². The zero-order valence-electron chi connectivity index (χ0n) is 15.7. The van der Waals surface area contributed by atoms with Gasteiger partial charge in [0, 0.05) is 43.0 Å². The molecule has 27 heavy (non-hydrogen) atoms. The number of carbonyl (C=O) groups is 1. The molecule has 140 valence electrons. The lowest BCUT2D eigenvalue weighted by molar-refractivity contribution is 0.0526. The van der Waals surface area contributed by atoms with E-state index in [9.17, 15) is 4.79 Å². The number of nitrogens with one attached hydrogen (secondary N) is 1. The lowest BCUT2D eigenvalue weighted by Gasteiger charge is -2.35. The van der Waals surface area contributed by atoms with Gasteiger partial charge in [-0.15, -0.1) is 0 Å². The number of ether oxygens (including phenoxy) is 1. The van der Waals surface area contributed by atoms with Crippen molar-refractivity contribution in [3.63, 3.8) is 0 Å². The monoisotopic (exact) mass is 364 g/mol. The van der Waals surface area contributed by atoms with Gasteiger partial charge in [-0.25, -0.2) is 9.78 Å². The molecule has 1 aliphatic heterocycles. The molecule has 1 aromatic carbocycles. The van der Waals surface area contributed by atoms with E-state index in [1.165, 1.54) is 0 Å². The van der Waals surface area contributed by atoms with Gasteiger partial charge in [-0.2, -0.15) is 0 Å². The summed E-state index contributed by atoms with van der Waals surface area (Å²) in [5.41, 5.74) is 3.50. The number of aryl methyl sites for hydroxylation is 1. The maximum atomic E-state index is 12.6. The van der Waals surface area contributed by atoms with Crippen LogP contribution in [0.4, 0.5) is 5.69 Å². The molecule has 0 aliphatic carbocycles. The number of carbonyl (C=O) groups excluding carboxylic acids is 1. The molecular weight excluding hydrogens is 340 g/mol. The second-order valence-electron chi connectivity index (χ2n) is 6.97. The third kappa shape index (κ3) is 3.27. The highest BCUT2D eigenvalue weighted by atomic mass is 16.5. The molecule has 1 fully saturated rings. The van der Waals surface area contributed by atoms with E-state index in [0.29, 0.717) is 18.1 Å². The van der Waals surface area contributed by atoms with E-state index in [1.807, 2.05) is 38.2 Å². The van der Waals surface area contributed by atoms with Gasteiger partial charge < -0.3 is 14.6 Å². The Kier molecular flexibility index (Phi) is 4.79. The lowest BCUT2D eigenvalue weighted by atomic mass is 9.95. The normalized spacial score (nSPS) is 17.3. The number of benzene rings is 1. The maximum absolute atomic E-state index is 12.6. The molecule has 1 aliphatic rings. The van der Waals surface area contributed by atoms with Crippen LogP contribution in [0.3, 0.4) is 0 Å². The first-order valence-corrected chi connectivity index (χ1v) is 9.48. The van der Waals surface area contributed by atoms with Crippen LogP contribution >= 0.6 is 0 Å². The summed E-state index contributed by atoms with van der Waals surface area (Å²) in [5, 5.41) is 1.00. The van der Waals surface area contributed by atoms with E-state index in [-0.39, 0.29) is 5.97 Å². The van der Waals surface area contributed by atoms with Gasteiger partial charge in [0.1, 0.15) is 11.4 Å². The Labute approximate surface area is 158 Å². The van der Waals surface area contributed by atoms with Crippen molar-refractivity contribution in [2.24, 2.45) is 0 Å². The maximum Gasteiger partial charge on any atom is 0.341 e. The fourth-order valence-corrected chi connectivity index (χ4v) is 3.96. The minimum Gasteiger partial charge on any atom is -0.462 e. The van der Waals surface area contributed by atoms with Gasteiger partial charge in [0.15, 0.2) is 0 Å². The van der Waals surface area contributed by atoms with Crippen LogP contribution in [0.5, 0.6) is 0 Å². The second-order valence-corrected chi connectivity index (χ2v) is 6.97. The van der Waals surface area contributed by atoms with Gasteiger partial charge in [-0.1, -0.05) is 18.2 Å². The van der Waals surface area contributed by atoms with Crippen molar-refractivity contribution in [3.05, 3.63) is 53.7 Å². The number of esters is 1. The van der Waals surface area contributed by atoms with E-state index in [4.69, 9.17) is 4.74 Å². The molecule has 1 N–H and O–H groups in total. The third-order valence-corrected chi connectivity index (χ3v) is 5.21. The van der Waals surface area contributed by atoms with Crippen molar-refractivity contribution in [3.8, 4) is 0 Å². The molecule has 0 spiro atoms. The van der Waals surface area contributed by atoms with Gasteiger partial charge in [0.2, 0.25) is 0 Å². The molecule has 0 amide bonds. The number of aromatic nitrogens is 3. The van der Waals surface area contributed by atoms with Crippen molar-refractivity contribution in [2.45, 2.75) is 32.6 Å². The molecule has 3 heterocycles. The average molecular weight is 364 g/mol. The summed E-state index contributed by atoms with van der Waals surface area (Å²) in [6.07, 6.45) is 7.45. The first kappa shape index (κ1) is 17.5. The molecule has 0 saturated carbocycles. The van der Waals surface area contributed by atoms with Crippen molar-refractivity contribution < 1.29 is 9.53 Å². The Morgan fingerprint density at radius 3 is 3.04 bits per heavy atom. The van der Waals surface area contributed by atoms with E-state index in [2.05, 4.69) is 19.9 Å². The zero-order valence-corrected chi connectivity index (χ0v) is 15.7. The van der Waals surface area contributed by atoms with Gasteiger partial charge in [0.25, 0.3) is 0 Å². The van der Waals surface area contributed by atoms with Crippen LogP contribution in [0.15, 0.2) is 36.8 Å². The van der Waals surface area contributed by atoms with Gasteiger partial charge >= 0.3 is 5.97 Å². The van der Waals surface area contributed by atoms with E-state index in [1.54, 1.807) is 12.4 Å². The van der Waals surface area contributed by atoms with Gasteiger partial charge in [0.05, 0.1) is 17.8 Å². The van der Waals surface area contributed by atoms with Crippen LogP contribution in [0.25, 0.3) is 10.9 Å². The predicted molar refractivity (Wildman–Crippen MR) is 105 cm³/mol. The Hall–Kier alpha value is -2.89. The Morgan fingerprint density at radius 1 is 1.37 bits per heavy atom. The molecule has 1 saturated heterocycles. The highest BCUT2D eigenvalue weighted by Crippen LogP contribution is 2.36. The largest absolute Gasteiger partial charge is 0.462 e. The van der Waals surface area contributed by atoms with Gasteiger partial charge in [-0.05, 0) is 32.3 Å². The Morgan fingerprint density at radius 2 is 2.26 bits per heavy atom. The number of imidazole rings is 1. The van der Waals surface area contributed by atoms with Crippen LogP contribution in [0.2, 0.25) is 0 Å². The summed E-state index contributed by atoms with van der Waals surface area (Å²) in [6.45, 7) is 5.93. The fourth-order valence-electron chi connectivity index (χ4n) is 3.96. The molecule has 3 aromatic rings. The minimum atomic E-state index is -0.316. The van der Waals surface area contributed by atoms with Crippen LogP contribution in [-0.2, 0) is 4.74 Å². The molecule has 1 atom stereocenters. The molecule has 1 unspecified atom stereocenters. The first-order valence-electron chi connectivity index (χ1n) is 9.48. The van der Waals surface area contributed by atoms with Crippen LogP contribution in [0, 0.1) is 6.92 Å². The molecule has 6 nitrogen and oxygen atoms in total. The highest BCUT2D eigenvalue weighted by Gasteiger charge is 2.28. The summed E-state index contributed by atoms with van der Waals surface area (Å²) in [7, 11) is 0. The van der Waals surface area contributed by atoms with Crippen LogP contribution in [0.1, 0.15) is 47.4 Å². The Balaban J connectivity index is 1.81. The second kappa shape index (κ2) is 7.39. The number of para-hydroxylation sites is 1. The summed E-state index contributed by atoms with van der Waals surface area (Å²) in [4.78, 5) is 27.2. The lowest BCUT2D eigenvalue weighted by Crippen LogP contribution is -2.36. The summed E-state index contributed by atoms with van der Waals surface area (Å²) >= 11 is 0. The third-order valence-electron chi connectivity index (χ3n) is 5.21. The topological polar surface area (TPSA) is 71.1 Å². The van der Waals surface area contributed by atoms with Crippen LogP contribution in [-0.4, -0.2) is 40.6 Å². The number of piperidine rings is 1. The number of fused-ring (bicyclic) bond motifs is 1. The predicted octanol–water partition coefficient (Wildman–Crippen LogP) is 3.83. The fraction of sp³-hybridized carbons (Fsp3) is 0.381. The average Bonchev–Trinajstić information content (AvgIpc) is 3.22. The number of rotatable bonds is 4. The standard InChI is InChI=1S/C21H24N4O2/c1-3-27-21(26)17-12-24-18-14(2)6-4-8-16(18)19(17)25-11-5-7-15(13-25)20-22-9-10-23-20/h4,6,8-10,12,15H,3,5,7,11,13H2,1-2H3,(H,22,23). The summed E-state index contributed by atoms with van der Waals surface area (Å²) in [6, 6.07) is 6.11. The molecule has 2 aromatic heterocycles. The summed E-state index contributed by atoms with van der Waals surface area (Å²) in [5.74, 6) is 1.01.